The fraction of sp³-hybridized carbons (Fsp3) is 0.647. The van der Waals surface area contributed by atoms with Crippen LogP contribution >= 0.6 is 11.8 Å². The predicted molar refractivity (Wildman–Crippen MR) is 223 cm³/mol. The van der Waals surface area contributed by atoms with Crippen molar-refractivity contribution >= 4 is 82.8 Å². The SMILES string of the molecule is CSCC[C@@H](NC(=O)[C@H](CCC(N)=O)NC(=O)[C@H](CCCN=C(N)N)NC(=O)[C@H](CCCN=C(N)N)NC(C)=O)C(=O)N[C@@H](CCC(N)=O)C(=O)N[C@@H](CCC(=O)O)C(N)=O. The smallest absolute Gasteiger partial charge is 0.303 e. The van der Waals surface area contributed by atoms with Crippen LogP contribution in [0.25, 0.3) is 0 Å². The van der Waals surface area contributed by atoms with Crippen LogP contribution in [0.3, 0.4) is 0 Å². The fourth-order valence-electron chi connectivity index (χ4n) is 5.32. The first kappa shape index (κ1) is 54.6. The summed E-state index contributed by atoms with van der Waals surface area (Å²) in [5.41, 5.74) is 37.5. The monoisotopic (exact) mass is 887 g/mol. The molecular weight excluding hydrogens is 827 g/mol. The van der Waals surface area contributed by atoms with Crippen molar-refractivity contribution in [2.75, 3.05) is 25.1 Å². The molecule has 0 bridgehead atoms. The molecule has 0 aromatic carbocycles. The predicted octanol–water partition coefficient (Wildman–Crippen LogP) is -6.34. The van der Waals surface area contributed by atoms with E-state index in [2.05, 4.69) is 41.9 Å². The third-order valence-electron chi connectivity index (χ3n) is 8.39. The quantitative estimate of drug-likeness (QED) is 0.0170. The number of hydrogen-bond donors (Lipinski definition) is 14. The maximum absolute atomic E-state index is 13.8. The zero-order chi connectivity index (χ0) is 46.7. The van der Waals surface area contributed by atoms with Crippen LogP contribution in [0.5, 0.6) is 0 Å². The van der Waals surface area contributed by atoms with Gasteiger partial charge in [-0.25, -0.2) is 0 Å². The summed E-state index contributed by atoms with van der Waals surface area (Å²) in [5.74, 6) is -9.31. The van der Waals surface area contributed by atoms with Crippen LogP contribution in [0.15, 0.2) is 9.98 Å². The van der Waals surface area contributed by atoms with Crippen LogP contribution in [-0.2, 0) is 47.9 Å². The summed E-state index contributed by atoms with van der Waals surface area (Å²) in [5, 5.41) is 23.7. The van der Waals surface area contributed by atoms with Gasteiger partial charge in [-0.05, 0) is 63.4 Å². The second-order valence-electron chi connectivity index (χ2n) is 13.6. The van der Waals surface area contributed by atoms with Crippen molar-refractivity contribution in [3.8, 4) is 0 Å². The summed E-state index contributed by atoms with van der Waals surface area (Å²) >= 11 is 1.29. The van der Waals surface area contributed by atoms with Crippen molar-refractivity contribution in [3.63, 3.8) is 0 Å². The topological polar surface area (TPSA) is 470 Å². The Balaban J connectivity index is 6.54. The first-order valence-corrected chi connectivity index (χ1v) is 20.4. The summed E-state index contributed by atoms with van der Waals surface area (Å²) in [6.07, 6.45) is -0.431. The van der Waals surface area contributed by atoms with Crippen molar-refractivity contribution in [3.05, 3.63) is 0 Å². The number of nitrogens with zero attached hydrogens (tertiary/aromatic N) is 2. The van der Waals surface area contributed by atoms with Crippen LogP contribution < -0.4 is 72.0 Å². The number of carboxylic acids is 1. The Kier molecular flexibility index (Phi) is 26.6. The first-order valence-electron chi connectivity index (χ1n) is 19.0. The lowest BCUT2D eigenvalue weighted by Gasteiger charge is -2.27. The van der Waals surface area contributed by atoms with Gasteiger partial charge in [-0.1, -0.05) is 0 Å². The molecule has 0 unspecified atom stereocenters. The van der Waals surface area contributed by atoms with Crippen molar-refractivity contribution in [1.82, 2.24) is 31.9 Å². The number of carbonyl (C=O) groups is 10. The van der Waals surface area contributed by atoms with E-state index in [-0.39, 0.29) is 82.1 Å². The first-order chi connectivity index (χ1) is 28.6. The van der Waals surface area contributed by atoms with Gasteiger partial charge < -0.3 is 77.1 Å². The highest BCUT2D eigenvalue weighted by molar-refractivity contribution is 7.98. The number of carboxylic acid groups (broad SMARTS) is 1. The Morgan fingerprint density at radius 2 is 0.820 bits per heavy atom. The van der Waals surface area contributed by atoms with E-state index in [1.807, 2.05) is 0 Å². The number of guanidine groups is 2. The average molecular weight is 888 g/mol. The van der Waals surface area contributed by atoms with Gasteiger partial charge in [0.05, 0.1) is 0 Å². The molecule has 0 aliphatic heterocycles. The fourth-order valence-corrected chi connectivity index (χ4v) is 5.79. The molecule has 21 N–H and O–H groups in total. The Labute approximate surface area is 356 Å². The van der Waals surface area contributed by atoms with Gasteiger partial charge in [-0.3, -0.25) is 57.9 Å². The number of aliphatic carboxylic acids is 1. The van der Waals surface area contributed by atoms with Crippen LogP contribution in [0.1, 0.15) is 77.6 Å². The molecule has 9 amide bonds. The van der Waals surface area contributed by atoms with Gasteiger partial charge in [0.1, 0.15) is 36.3 Å². The number of aliphatic imine (C=N–C) groups is 2. The number of nitrogens with one attached hydrogen (secondary N) is 6. The van der Waals surface area contributed by atoms with Crippen LogP contribution in [-0.4, -0.2) is 138 Å². The number of primary amides is 3. The molecule has 0 spiro atoms. The van der Waals surface area contributed by atoms with E-state index in [9.17, 15) is 47.9 Å². The van der Waals surface area contributed by atoms with Crippen molar-refractivity contribution in [2.45, 2.75) is 114 Å². The molecule has 0 fully saturated rings. The highest BCUT2D eigenvalue weighted by Crippen LogP contribution is 2.09. The standard InChI is InChI=1S/C34H61N15O11S/c1-17(50)44-19(5-3-14-42-33(38)39)28(56)46-20(6-4-15-43-34(40)41)29(57)47-22(8-11-25(36)52)31(59)49-23(13-16-61-2)32(60)48-21(7-10-24(35)51)30(58)45-18(27(37)55)9-12-26(53)54/h18-23H,3-16H2,1-2H3,(H2,35,51)(H2,36,52)(H2,37,55)(H,44,50)(H,45,58)(H,46,56)(H,47,57)(H,48,60)(H,49,59)(H,53,54)(H4,38,39,42)(H4,40,41,43)/t18-,19-,20-,21-,22-,23+/m0/s1. The van der Waals surface area contributed by atoms with E-state index in [0.29, 0.717) is 0 Å². The zero-order valence-corrected chi connectivity index (χ0v) is 35.1. The van der Waals surface area contributed by atoms with Gasteiger partial charge in [-0.2, -0.15) is 11.8 Å². The molecule has 0 saturated carbocycles. The minimum absolute atomic E-state index is 0.0391. The maximum atomic E-state index is 13.8. The number of thioether (sulfide) groups is 1. The lowest BCUT2D eigenvalue weighted by atomic mass is 10.0. The highest BCUT2D eigenvalue weighted by Gasteiger charge is 2.33. The normalized spacial score (nSPS) is 13.5. The molecular formula is C34H61N15O11S. The van der Waals surface area contributed by atoms with Gasteiger partial charge >= 0.3 is 5.97 Å². The molecule has 27 heteroatoms. The molecule has 0 heterocycles. The molecule has 0 aromatic heterocycles. The Bertz CT molecular complexity index is 1610. The molecule has 0 aromatic rings. The Morgan fingerprint density at radius 1 is 0.492 bits per heavy atom. The van der Waals surface area contributed by atoms with Gasteiger partial charge in [0.15, 0.2) is 11.9 Å². The zero-order valence-electron chi connectivity index (χ0n) is 34.2. The molecule has 0 aliphatic carbocycles. The van der Waals surface area contributed by atoms with Crippen LogP contribution in [0.2, 0.25) is 0 Å². The summed E-state index contributed by atoms with van der Waals surface area (Å²) in [6.45, 7) is 1.36. The summed E-state index contributed by atoms with van der Waals surface area (Å²) in [7, 11) is 0. The molecule has 0 radical (unpaired) electrons. The van der Waals surface area contributed by atoms with E-state index in [0.717, 1.165) is 0 Å². The van der Waals surface area contributed by atoms with E-state index >= 15 is 0 Å². The van der Waals surface area contributed by atoms with Crippen molar-refractivity contribution in [1.29, 1.82) is 0 Å². The third-order valence-corrected chi connectivity index (χ3v) is 9.04. The minimum Gasteiger partial charge on any atom is -0.481 e. The van der Waals surface area contributed by atoms with Gasteiger partial charge in [0.25, 0.3) is 0 Å². The minimum atomic E-state index is -1.54. The lowest BCUT2D eigenvalue weighted by molar-refractivity contribution is -0.138. The maximum Gasteiger partial charge on any atom is 0.303 e. The van der Waals surface area contributed by atoms with Gasteiger partial charge in [0, 0.05) is 39.3 Å². The van der Waals surface area contributed by atoms with E-state index in [1.54, 1.807) is 6.26 Å². The largest absolute Gasteiger partial charge is 0.481 e. The lowest BCUT2D eigenvalue weighted by Crippen LogP contribution is -2.59. The second kappa shape index (κ2) is 29.7. The second-order valence-corrected chi connectivity index (χ2v) is 14.6. The third kappa shape index (κ3) is 25.6. The van der Waals surface area contributed by atoms with Crippen LogP contribution in [0, 0.1) is 0 Å². The Hall–Kier alpha value is -6.41. The number of hydrogen-bond acceptors (Lipinski definition) is 13. The van der Waals surface area contributed by atoms with E-state index in [4.69, 9.17) is 45.2 Å². The molecule has 0 rings (SSSR count). The molecule has 0 saturated heterocycles. The number of rotatable bonds is 32. The number of amides is 9. The van der Waals surface area contributed by atoms with Gasteiger partial charge in [-0.15, -0.1) is 0 Å². The van der Waals surface area contributed by atoms with Crippen molar-refractivity contribution < 1.29 is 53.1 Å². The highest BCUT2D eigenvalue weighted by atomic mass is 32.2. The van der Waals surface area contributed by atoms with Crippen LogP contribution in [0.4, 0.5) is 0 Å². The summed E-state index contributed by atoms with van der Waals surface area (Å²) in [6, 6.07) is -8.41. The number of carbonyl (C=O) groups excluding carboxylic acids is 9. The average Bonchev–Trinajstić information content (AvgIpc) is 3.16. The molecule has 0 aliphatic rings. The molecule has 26 nitrogen and oxygen atoms in total. The van der Waals surface area contributed by atoms with Crippen molar-refractivity contribution in [2.24, 2.45) is 50.1 Å². The van der Waals surface area contributed by atoms with E-state index < -0.39 is 115 Å². The molecule has 6 atom stereocenters. The summed E-state index contributed by atoms with van der Waals surface area (Å²) in [4.78, 5) is 134. The molecule has 344 valence electrons. The number of nitrogens with two attached hydrogens (primary N) is 7. The Morgan fingerprint density at radius 3 is 1.13 bits per heavy atom. The summed E-state index contributed by atoms with van der Waals surface area (Å²) < 4.78 is 0. The van der Waals surface area contributed by atoms with E-state index in [1.165, 1.54) is 18.7 Å². The molecule has 61 heavy (non-hydrogen) atoms. The van der Waals surface area contributed by atoms with Gasteiger partial charge in [0.2, 0.25) is 53.2 Å².